The van der Waals surface area contributed by atoms with Gasteiger partial charge in [0.2, 0.25) is 0 Å². The summed E-state index contributed by atoms with van der Waals surface area (Å²) in [6, 6.07) is 0. The highest BCUT2D eigenvalue weighted by Crippen LogP contribution is 2.60. The van der Waals surface area contributed by atoms with Gasteiger partial charge in [0.15, 0.2) is 0 Å². The van der Waals surface area contributed by atoms with Crippen molar-refractivity contribution in [1.82, 2.24) is 0 Å². The first kappa shape index (κ1) is 42.3. The van der Waals surface area contributed by atoms with Crippen LogP contribution in [0, 0.1) is 21.7 Å². The number of rotatable bonds is 6. The van der Waals surface area contributed by atoms with Gasteiger partial charge in [0, 0.05) is 23.7 Å². The van der Waals surface area contributed by atoms with Gasteiger partial charge in [-0.15, -0.1) is 0 Å². The van der Waals surface area contributed by atoms with Crippen LogP contribution in [0.4, 0.5) is 0 Å². The van der Waals surface area contributed by atoms with Crippen LogP contribution in [0.2, 0.25) is 0 Å². The lowest BCUT2D eigenvalue weighted by molar-refractivity contribution is -0.122. The molecule has 0 aliphatic heterocycles. The molecule has 0 aromatic rings. The maximum Gasteiger partial charge on any atom is 0.135 e. The summed E-state index contributed by atoms with van der Waals surface area (Å²) in [5.74, 6) is 0.464. The van der Waals surface area contributed by atoms with Crippen LogP contribution in [0.25, 0.3) is 0 Å². The summed E-state index contributed by atoms with van der Waals surface area (Å²) < 4.78 is 0. The maximum atomic E-state index is 15.7. The van der Waals surface area contributed by atoms with Crippen LogP contribution in [0.1, 0.15) is 199 Å². The number of Topliss-reactive ketones (excluding diaryl/α,β-unsaturated/α-hetero) is 1. The van der Waals surface area contributed by atoms with Crippen LogP contribution in [-0.2, 0) is 4.79 Å². The Labute approximate surface area is 322 Å². The van der Waals surface area contributed by atoms with Crippen molar-refractivity contribution in [1.29, 1.82) is 0 Å². The molecule has 2 atom stereocenters. The van der Waals surface area contributed by atoms with Gasteiger partial charge in [-0.05, 0) is 169 Å². The third-order valence-corrected chi connectivity index (χ3v) is 14.0. The predicted molar refractivity (Wildman–Crippen MR) is 228 cm³/mol. The number of hydrogen-bond donors (Lipinski definition) is 0. The molecule has 0 aromatic carbocycles. The Morgan fingerprint density at radius 2 is 0.827 bits per heavy atom. The van der Waals surface area contributed by atoms with Gasteiger partial charge < -0.3 is 0 Å². The third-order valence-electron chi connectivity index (χ3n) is 14.0. The summed E-state index contributed by atoms with van der Waals surface area (Å²) in [7, 11) is 0. The van der Waals surface area contributed by atoms with Gasteiger partial charge in [-0.25, -0.2) is 0 Å². The largest absolute Gasteiger partial charge is 0.300 e. The molecular formula is C51H78O. The minimum atomic E-state index is -0.273. The first-order valence-electron chi connectivity index (χ1n) is 21.3. The van der Waals surface area contributed by atoms with Gasteiger partial charge in [-0.2, -0.15) is 0 Å². The van der Waals surface area contributed by atoms with Crippen molar-refractivity contribution in [3.8, 4) is 0 Å². The van der Waals surface area contributed by atoms with E-state index in [0.29, 0.717) is 18.6 Å². The Hall–Kier alpha value is -2.41. The fourth-order valence-electron chi connectivity index (χ4n) is 11.3. The molecule has 0 bridgehead atoms. The Morgan fingerprint density at radius 1 is 0.481 bits per heavy atom. The van der Waals surface area contributed by atoms with Crippen LogP contribution in [0.5, 0.6) is 0 Å². The molecule has 1 nitrogen and oxygen atoms in total. The zero-order chi connectivity index (χ0) is 38.3. The van der Waals surface area contributed by atoms with E-state index in [-0.39, 0.29) is 21.7 Å². The zero-order valence-corrected chi connectivity index (χ0v) is 36.1. The van der Waals surface area contributed by atoms with Crippen LogP contribution < -0.4 is 0 Å². The Kier molecular flexibility index (Phi) is 14.5. The molecule has 0 N–H and O–H groups in total. The van der Waals surface area contributed by atoms with Crippen molar-refractivity contribution < 1.29 is 4.79 Å². The van der Waals surface area contributed by atoms with Crippen LogP contribution in [-0.4, -0.2) is 5.78 Å². The number of allylic oxidation sites excluding steroid dienone is 16. The molecule has 0 aromatic heterocycles. The number of ketones is 1. The first-order valence-corrected chi connectivity index (χ1v) is 21.3. The van der Waals surface area contributed by atoms with Gasteiger partial charge in [0.05, 0.1) is 0 Å². The monoisotopic (exact) mass is 707 g/mol. The first-order chi connectivity index (χ1) is 24.4. The van der Waals surface area contributed by atoms with Gasteiger partial charge in [-0.3, -0.25) is 4.79 Å². The Bertz CT molecular complexity index is 1450. The molecule has 4 aliphatic rings. The molecule has 52 heavy (non-hydrogen) atoms. The molecule has 0 saturated carbocycles. The summed E-state index contributed by atoms with van der Waals surface area (Å²) >= 11 is 0. The Balaban J connectivity index is 1.96. The summed E-state index contributed by atoms with van der Waals surface area (Å²) in [6.45, 7) is 28.8. The van der Waals surface area contributed by atoms with Gasteiger partial charge in [-0.1, -0.05) is 120 Å². The molecule has 288 valence electrons. The van der Waals surface area contributed by atoms with Crippen LogP contribution >= 0.6 is 0 Å². The van der Waals surface area contributed by atoms with Crippen molar-refractivity contribution in [3.63, 3.8) is 0 Å². The van der Waals surface area contributed by atoms with E-state index in [9.17, 15) is 0 Å². The second-order valence-electron chi connectivity index (χ2n) is 19.4. The second kappa shape index (κ2) is 17.8. The zero-order valence-electron chi connectivity index (χ0n) is 36.1. The molecule has 0 spiro atoms. The van der Waals surface area contributed by atoms with E-state index in [0.717, 1.165) is 77.0 Å². The summed E-state index contributed by atoms with van der Waals surface area (Å²) in [5, 5.41) is 0. The second-order valence-corrected chi connectivity index (χ2v) is 19.4. The maximum absolute atomic E-state index is 15.7. The van der Waals surface area contributed by atoms with E-state index < -0.39 is 0 Å². The lowest BCUT2D eigenvalue weighted by Gasteiger charge is -2.50. The smallest absolute Gasteiger partial charge is 0.135 e. The molecule has 0 heterocycles. The third kappa shape index (κ3) is 10.0. The average Bonchev–Trinajstić information content (AvgIpc) is 3.05. The van der Waals surface area contributed by atoms with Crippen LogP contribution in [0.3, 0.4) is 0 Å². The van der Waals surface area contributed by atoms with Crippen molar-refractivity contribution in [3.05, 3.63) is 92.2 Å². The van der Waals surface area contributed by atoms with E-state index in [2.05, 4.69) is 120 Å². The highest BCUT2D eigenvalue weighted by Gasteiger charge is 2.49. The normalized spacial score (nSPS) is 28.8. The minimum absolute atomic E-state index is 0.0637. The number of hydrogen-bond acceptors (Lipinski definition) is 1. The summed E-state index contributed by atoms with van der Waals surface area (Å²) in [6.07, 6.45) is 33.8. The van der Waals surface area contributed by atoms with E-state index in [4.69, 9.17) is 0 Å². The molecule has 0 saturated heterocycles. The van der Waals surface area contributed by atoms with Gasteiger partial charge in [0.1, 0.15) is 5.78 Å². The van der Waals surface area contributed by atoms with E-state index >= 15 is 4.79 Å². The minimum Gasteiger partial charge on any atom is -0.300 e. The predicted octanol–water partition coefficient (Wildman–Crippen LogP) is 16.0. The molecule has 0 amide bonds. The van der Waals surface area contributed by atoms with E-state index in [1.807, 2.05) is 0 Å². The van der Waals surface area contributed by atoms with Gasteiger partial charge in [0.25, 0.3) is 0 Å². The van der Waals surface area contributed by atoms with E-state index in [1.165, 1.54) is 59.1 Å². The quantitative estimate of drug-likeness (QED) is 0.251. The standard InChI is InChI=1S/C51H78O/c1-37-19-13-15-21-39(3)29-33-50(43(7)27-25-37,46-41(5)23-17-31-48(46,9)10)35-45(52)36-51(47-42(6)24-18-32-49(47,11)12)34-30-40(4)22-16-14-20-38(2)26-28-44(51)8/h19-22,27-28H,13-18,23-26,29-36H2,1-12H3. The van der Waals surface area contributed by atoms with Gasteiger partial charge >= 0.3 is 0 Å². The molecule has 0 radical (unpaired) electrons. The van der Waals surface area contributed by atoms with Crippen LogP contribution in [0.15, 0.2) is 92.2 Å². The SMILES string of the molecule is CC1=CCCC=C(C)CCC(CC(=O)CC2(C3=C(C)CCCC3(C)C)CCC(C)=CCCC=C(C)CC=C2C)(C2=C(C)CCCC2(C)C)C(C)=CC1. The summed E-state index contributed by atoms with van der Waals surface area (Å²) in [5.41, 5.74) is 14.6. The highest BCUT2D eigenvalue weighted by molar-refractivity contribution is 5.82. The van der Waals surface area contributed by atoms with Crippen molar-refractivity contribution in [2.24, 2.45) is 21.7 Å². The molecule has 2 unspecified atom stereocenters. The van der Waals surface area contributed by atoms with Crippen molar-refractivity contribution >= 4 is 5.78 Å². The Morgan fingerprint density at radius 3 is 1.17 bits per heavy atom. The summed E-state index contributed by atoms with van der Waals surface area (Å²) in [4.78, 5) is 15.7. The lowest BCUT2D eigenvalue weighted by atomic mass is 9.53. The number of carbonyl (C=O) groups excluding carboxylic acids is 1. The lowest BCUT2D eigenvalue weighted by Crippen LogP contribution is -2.41. The van der Waals surface area contributed by atoms with Crippen molar-refractivity contribution in [2.75, 3.05) is 0 Å². The molecule has 4 aliphatic carbocycles. The van der Waals surface area contributed by atoms with E-state index in [1.54, 1.807) is 22.3 Å². The highest BCUT2D eigenvalue weighted by atomic mass is 16.1. The molecule has 4 rings (SSSR count). The topological polar surface area (TPSA) is 17.1 Å². The average molecular weight is 707 g/mol. The number of carbonyl (C=O) groups is 1. The molecule has 0 fully saturated rings. The van der Waals surface area contributed by atoms with Crippen molar-refractivity contribution in [2.45, 2.75) is 199 Å². The fraction of sp³-hybridized carbons (Fsp3) is 0.667. The molecular weight excluding hydrogens is 629 g/mol. The fourth-order valence-corrected chi connectivity index (χ4v) is 11.3. The molecule has 1 heteroatoms.